The van der Waals surface area contributed by atoms with Crippen LogP contribution < -0.4 is 92.9 Å². The Kier molecular flexibility index (Phi) is 43.5. The van der Waals surface area contributed by atoms with Crippen molar-refractivity contribution in [3.8, 4) is 0 Å². The largest absolute Gasteiger partial charge is 0.481 e. The SMILES string of the molecule is CC[C@H](C)[C@@H]1NC(=O)[C@H](CCCCN)NC(=O)[C@@H]2CCCN2C(=O)[C@H]2CCCN2C(=O)[C@H](CCCCN)NC(=O)[C@H](Cc2ccccc2)NC(=O)[C@H]([C@@H](C)CC)NC(=O)[C@@H]2CCCN2C(=O)[C@H](CCCCN)NC(=O)[C@H](CCCCN)NC(=O)[C@H](CCCN=C(N)N)NC(=O)[C@H](C(C)C)NC(=O)[C@H]([C@@H](C)CC)NC(=O)[C@H](CCC(=O)O)NC1=O. The van der Waals surface area contributed by atoms with Gasteiger partial charge >= 0.3 is 5.97 Å². The van der Waals surface area contributed by atoms with E-state index in [1.54, 1.807) is 78.8 Å². The third-order valence-corrected chi connectivity index (χ3v) is 23.2. The molecule has 17 atom stereocenters. The summed E-state index contributed by atoms with van der Waals surface area (Å²) in [5.41, 5.74) is 35.8. The van der Waals surface area contributed by atoms with E-state index in [1.165, 1.54) is 14.7 Å². The number of nitrogens with two attached hydrogens (primary N) is 6. The van der Waals surface area contributed by atoms with Crippen molar-refractivity contribution in [3.05, 3.63) is 35.9 Å². The molecule has 0 bridgehead atoms. The summed E-state index contributed by atoms with van der Waals surface area (Å²) in [6, 6.07) is -9.85. The lowest BCUT2D eigenvalue weighted by Gasteiger charge is -2.34. The number of nitrogens with one attached hydrogen (secondary N) is 11. The Balaban J connectivity index is 1.65. The number of hydrogen-bond donors (Lipinski definition) is 18. The molecule has 4 saturated heterocycles. The number of benzene rings is 1. The van der Waals surface area contributed by atoms with Crippen LogP contribution >= 0.6 is 0 Å². The minimum Gasteiger partial charge on any atom is -0.481 e. The minimum atomic E-state index is -1.65. The topological polar surface area (TPSA) is 587 Å². The number of unbranched alkanes of at least 4 members (excludes halogenated alkanes) is 4. The lowest BCUT2D eigenvalue weighted by atomic mass is 9.95. The molecule has 668 valence electrons. The smallest absolute Gasteiger partial charge is 0.303 e. The molecule has 1 aromatic rings. The molecule has 1 aromatic carbocycles. The molecule has 4 aliphatic rings. The Morgan fingerprint density at radius 1 is 0.387 bits per heavy atom. The molecule has 0 aromatic heterocycles. The van der Waals surface area contributed by atoms with Crippen molar-refractivity contribution in [2.75, 3.05) is 52.4 Å². The number of hydrogen-bond acceptors (Lipinski definition) is 20. The fourth-order valence-electron chi connectivity index (χ4n) is 15.4. The highest BCUT2D eigenvalue weighted by molar-refractivity contribution is 6.01. The van der Waals surface area contributed by atoms with Gasteiger partial charge in [-0.1, -0.05) is 105 Å². The number of carboxylic acids is 1. The van der Waals surface area contributed by atoms with Crippen LogP contribution in [0.15, 0.2) is 35.3 Å². The zero-order valence-corrected chi connectivity index (χ0v) is 71.1. The Morgan fingerprint density at radius 3 is 1.11 bits per heavy atom. The lowest BCUT2D eigenvalue weighted by Crippen LogP contribution is -2.62. The van der Waals surface area contributed by atoms with Crippen LogP contribution in [0.4, 0.5) is 0 Å². The molecule has 24 N–H and O–H groups in total. The van der Waals surface area contributed by atoms with Gasteiger partial charge in [0.15, 0.2) is 5.96 Å². The van der Waals surface area contributed by atoms with E-state index in [1.807, 2.05) is 6.92 Å². The number of guanidine groups is 1. The van der Waals surface area contributed by atoms with Crippen LogP contribution in [0.25, 0.3) is 0 Å². The van der Waals surface area contributed by atoms with Crippen molar-refractivity contribution in [2.45, 2.75) is 307 Å². The highest BCUT2D eigenvalue weighted by Crippen LogP contribution is 2.28. The van der Waals surface area contributed by atoms with Crippen molar-refractivity contribution in [1.29, 1.82) is 0 Å². The molecule has 5 rings (SSSR count). The van der Waals surface area contributed by atoms with Crippen molar-refractivity contribution in [3.63, 3.8) is 0 Å². The highest BCUT2D eigenvalue weighted by Gasteiger charge is 2.47. The molecule has 4 fully saturated rings. The molecule has 0 unspecified atom stereocenters. The average molecular weight is 1680 g/mol. The molecular weight excluding hydrogens is 1540 g/mol. The average Bonchev–Trinajstić information content (AvgIpc) is 1.67. The molecule has 4 heterocycles. The second-order valence-corrected chi connectivity index (χ2v) is 32.6. The van der Waals surface area contributed by atoms with E-state index < -0.39 is 210 Å². The van der Waals surface area contributed by atoms with Crippen molar-refractivity contribution < 1.29 is 77.0 Å². The van der Waals surface area contributed by atoms with Gasteiger partial charge in [0, 0.05) is 39.0 Å². The van der Waals surface area contributed by atoms with Crippen molar-refractivity contribution in [1.82, 2.24) is 73.2 Å². The molecule has 37 nitrogen and oxygen atoms in total. The molecule has 14 amide bonds. The lowest BCUT2D eigenvalue weighted by molar-refractivity contribution is -0.148. The van der Waals surface area contributed by atoms with Gasteiger partial charge in [0.25, 0.3) is 0 Å². The number of carbonyl (C=O) groups excluding carboxylic acids is 14. The normalized spacial score (nSPS) is 26.7. The number of aliphatic imine (C=N–C) groups is 1. The van der Waals surface area contributed by atoms with E-state index in [-0.39, 0.29) is 135 Å². The van der Waals surface area contributed by atoms with Gasteiger partial charge in [-0.05, 0) is 190 Å². The molecule has 4 aliphatic heterocycles. The third kappa shape index (κ3) is 31.2. The summed E-state index contributed by atoms with van der Waals surface area (Å²) < 4.78 is 0. The molecule has 0 saturated carbocycles. The van der Waals surface area contributed by atoms with Gasteiger partial charge in [-0.25, -0.2) is 0 Å². The number of rotatable bonds is 32. The van der Waals surface area contributed by atoms with E-state index in [0.29, 0.717) is 82.6 Å². The van der Waals surface area contributed by atoms with Crippen LogP contribution in [-0.2, 0) is 78.3 Å². The van der Waals surface area contributed by atoms with Crippen LogP contribution in [0.1, 0.15) is 221 Å². The van der Waals surface area contributed by atoms with Crippen LogP contribution in [0.2, 0.25) is 0 Å². The molecule has 0 spiro atoms. The number of fused-ring (bicyclic) bond motifs is 3. The van der Waals surface area contributed by atoms with E-state index in [4.69, 9.17) is 34.4 Å². The minimum absolute atomic E-state index is 0.00823. The maximum Gasteiger partial charge on any atom is 0.303 e. The van der Waals surface area contributed by atoms with Crippen molar-refractivity contribution in [2.24, 2.45) is 63.1 Å². The Labute approximate surface area is 700 Å². The first-order chi connectivity index (χ1) is 56.8. The van der Waals surface area contributed by atoms with E-state index in [2.05, 4.69) is 63.5 Å². The summed E-state index contributed by atoms with van der Waals surface area (Å²) in [6.45, 7) is 14.8. The van der Waals surface area contributed by atoms with Crippen LogP contribution in [-0.4, -0.2) is 251 Å². The second kappa shape index (κ2) is 51.8. The summed E-state index contributed by atoms with van der Waals surface area (Å²) in [5.74, 6) is -15.0. The summed E-state index contributed by atoms with van der Waals surface area (Å²) in [7, 11) is 0. The first-order valence-corrected chi connectivity index (χ1v) is 43.2. The maximum atomic E-state index is 15.3. The zero-order chi connectivity index (χ0) is 88.0. The number of nitrogens with zero attached hydrogens (tertiary/aromatic N) is 4. The predicted molar refractivity (Wildman–Crippen MR) is 447 cm³/mol. The van der Waals surface area contributed by atoms with Crippen LogP contribution in [0, 0.1) is 23.7 Å². The van der Waals surface area contributed by atoms with Crippen LogP contribution in [0.5, 0.6) is 0 Å². The van der Waals surface area contributed by atoms with Gasteiger partial charge in [0.05, 0.1) is 0 Å². The van der Waals surface area contributed by atoms with E-state index >= 15 is 24.0 Å². The number of aliphatic carboxylic acids is 1. The standard InChI is InChI=1S/C82H139N21O16/c1-9-49(6)65-76(114)93-56(37-38-63(104)105)71(109)99-67(51(8)11-3)78(116)97-64(48(4)5)75(113)92-55(33-23-43-89-82(87)88)68(106)90-53(29-15-19-39-83)69(107)94-57(31-17-21-41-85)79(117)101-44-24-35-61(101)74(112)100-66(50(7)10-2)77(115)96-59(47-52-27-13-12-14-28-52)72(110)95-58(32-18-22-42-86)80(118)103-46-26-36-62(103)81(119)102-45-25-34-60(102)73(111)91-54(70(108)98-65)30-16-20-40-84/h12-14,27-28,48-51,53-62,64-67H,9-11,15-26,29-47,83-86H2,1-8H3,(H,90,106)(H,91,111)(H,92,113)(H,93,114)(H,94,107)(H,95,110)(H,96,115)(H,97,116)(H,98,108)(H,99,109)(H,100,112)(H,104,105)(H4,87,88,89)/t49-,50-,51-,53-,54-,55-,56-,57-,58-,59-,60-,61-,62+,64-,65-,66-,67-/m0/s1. The van der Waals surface area contributed by atoms with E-state index in [0.717, 1.165) is 0 Å². The van der Waals surface area contributed by atoms with E-state index in [9.17, 15) is 53.1 Å². The van der Waals surface area contributed by atoms with Crippen molar-refractivity contribution >= 4 is 94.6 Å². The molecular formula is C82H139N21O16. The summed E-state index contributed by atoms with van der Waals surface area (Å²) in [5, 5.41) is 40.8. The quantitative estimate of drug-likeness (QED) is 0.0228. The Hall–Kier alpha value is -9.62. The molecule has 37 heteroatoms. The first kappa shape index (κ1) is 99.9. The van der Waals surface area contributed by atoms with Gasteiger partial charge in [-0.2, -0.15) is 0 Å². The zero-order valence-electron chi connectivity index (χ0n) is 71.1. The summed E-state index contributed by atoms with van der Waals surface area (Å²) >= 11 is 0. The Bertz CT molecular complexity index is 3550. The van der Waals surface area contributed by atoms with Gasteiger partial charge in [-0.3, -0.25) is 76.9 Å². The number of carbonyl (C=O) groups is 15. The summed E-state index contributed by atoms with van der Waals surface area (Å²) in [4.78, 5) is 230. The fraction of sp³-hybridized carbons (Fsp3) is 0.732. The highest BCUT2D eigenvalue weighted by atomic mass is 16.4. The second-order valence-electron chi connectivity index (χ2n) is 32.6. The van der Waals surface area contributed by atoms with Gasteiger partial charge in [-0.15, -0.1) is 0 Å². The molecule has 0 aliphatic carbocycles. The fourth-order valence-corrected chi connectivity index (χ4v) is 15.4. The maximum absolute atomic E-state index is 15.3. The van der Waals surface area contributed by atoms with Gasteiger partial charge in [0.1, 0.15) is 84.6 Å². The predicted octanol–water partition coefficient (Wildman–Crippen LogP) is -1.22. The summed E-state index contributed by atoms with van der Waals surface area (Å²) in [6.07, 6.45) is 4.40. The van der Waals surface area contributed by atoms with Gasteiger partial charge in [0.2, 0.25) is 82.7 Å². The van der Waals surface area contributed by atoms with Gasteiger partial charge < -0.3 is 113 Å². The third-order valence-electron chi connectivity index (χ3n) is 23.2. The Morgan fingerprint density at radius 2 is 0.697 bits per heavy atom. The molecule has 0 radical (unpaired) electrons. The number of carboxylic acid groups (broad SMARTS) is 1. The number of amides is 14. The monoisotopic (exact) mass is 1670 g/mol. The molecule has 119 heavy (non-hydrogen) atoms. The first-order valence-electron chi connectivity index (χ1n) is 43.2. The van der Waals surface area contributed by atoms with Crippen LogP contribution in [0.3, 0.4) is 0 Å².